The van der Waals surface area contributed by atoms with Gasteiger partial charge in [0.1, 0.15) is 17.4 Å². The third-order valence-corrected chi connectivity index (χ3v) is 1.86. The Bertz CT molecular complexity index is 326. The first kappa shape index (κ1) is 11.8. The first-order valence-corrected chi connectivity index (χ1v) is 4.35. The van der Waals surface area contributed by atoms with Crippen molar-refractivity contribution in [1.82, 2.24) is 0 Å². The molecule has 0 spiro atoms. The van der Waals surface area contributed by atoms with Gasteiger partial charge in [-0.25, -0.2) is 8.78 Å². The molecule has 84 valence electrons. The Labute approximate surface area is 84.7 Å². The molecule has 0 amide bonds. The van der Waals surface area contributed by atoms with Crippen LogP contribution in [-0.2, 0) is 0 Å². The first-order chi connectivity index (χ1) is 6.91. The van der Waals surface area contributed by atoms with Crippen molar-refractivity contribution < 1.29 is 22.3 Å². The summed E-state index contributed by atoms with van der Waals surface area (Å²) in [5.74, 6) is -2.61. The van der Waals surface area contributed by atoms with Crippen molar-refractivity contribution in [2.75, 3.05) is 0 Å². The topological polar surface area (TPSA) is 9.23 Å². The molecule has 1 nitrogen and oxygen atoms in total. The van der Waals surface area contributed by atoms with Crippen molar-refractivity contribution in [2.24, 2.45) is 0 Å². The largest absolute Gasteiger partial charge is 0.435 e. The van der Waals surface area contributed by atoms with E-state index in [2.05, 4.69) is 4.74 Å². The maximum absolute atomic E-state index is 13.2. The second-order valence-electron chi connectivity index (χ2n) is 3.33. The van der Waals surface area contributed by atoms with Crippen LogP contribution >= 0.6 is 0 Å². The number of halogens is 4. The van der Waals surface area contributed by atoms with E-state index < -0.39 is 24.0 Å². The van der Waals surface area contributed by atoms with Gasteiger partial charge in [-0.1, -0.05) is 13.8 Å². The van der Waals surface area contributed by atoms with E-state index in [1.165, 1.54) is 0 Å². The Kier molecular flexibility index (Phi) is 3.55. The summed E-state index contributed by atoms with van der Waals surface area (Å²) in [7, 11) is 0. The number of ether oxygens (including phenoxy) is 1. The van der Waals surface area contributed by atoms with Crippen LogP contribution in [-0.4, -0.2) is 6.61 Å². The molecule has 0 bridgehead atoms. The lowest BCUT2D eigenvalue weighted by molar-refractivity contribution is -0.0501. The van der Waals surface area contributed by atoms with E-state index in [0.717, 1.165) is 12.1 Å². The molecular weight excluding hydrogens is 212 g/mol. The van der Waals surface area contributed by atoms with E-state index >= 15 is 0 Å². The predicted molar refractivity (Wildman–Crippen MR) is 47.1 cm³/mol. The minimum absolute atomic E-state index is 0.128. The molecule has 0 fully saturated rings. The van der Waals surface area contributed by atoms with Gasteiger partial charge < -0.3 is 4.74 Å². The minimum Gasteiger partial charge on any atom is -0.435 e. The van der Waals surface area contributed by atoms with Crippen LogP contribution in [0.1, 0.15) is 25.3 Å². The van der Waals surface area contributed by atoms with Gasteiger partial charge in [0.05, 0.1) is 0 Å². The van der Waals surface area contributed by atoms with E-state index in [0.29, 0.717) is 0 Å². The van der Waals surface area contributed by atoms with Gasteiger partial charge in [-0.15, -0.1) is 0 Å². The van der Waals surface area contributed by atoms with Crippen LogP contribution in [0.2, 0.25) is 0 Å². The van der Waals surface area contributed by atoms with Crippen molar-refractivity contribution >= 4 is 0 Å². The van der Waals surface area contributed by atoms with Crippen LogP contribution in [0.15, 0.2) is 12.1 Å². The third-order valence-electron chi connectivity index (χ3n) is 1.86. The van der Waals surface area contributed by atoms with Crippen LogP contribution in [0.3, 0.4) is 0 Å². The molecule has 1 rings (SSSR count). The Balaban J connectivity index is 3.08. The minimum atomic E-state index is -3.09. The Morgan fingerprint density at radius 1 is 1.07 bits per heavy atom. The molecule has 5 heteroatoms. The lowest BCUT2D eigenvalue weighted by Crippen LogP contribution is -2.05. The van der Waals surface area contributed by atoms with Gasteiger partial charge in [0.25, 0.3) is 0 Å². The van der Waals surface area contributed by atoms with Crippen LogP contribution < -0.4 is 4.74 Å². The highest BCUT2D eigenvalue weighted by Crippen LogP contribution is 2.27. The standard InChI is InChI=1S/C10H10F4O/c1-5(2)9-7(11)3-6(4-8(9)12)15-10(13)14/h3-5,10H,1-2H3. The first-order valence-electron chi connectivity index (χ1n) is 4.35. The molecular formula is C10H10F4O. The van der Waals surface area contributed by atoms with E-state index in [9.17, 15) is 17.6 Å². The van der Waals surface area contributed by atoms with Gasteiger partial charge in [-0.05, 0) is 5.92 Å². The molecule has 0 atom stereocenters. The molecule has 0 saturated heterocycles. The maximum Gasteiger partial charge on any atom is 0.387 e. The average Bonchev–Trinajstić information content (AvgIpc) is 1.99. The molecule has 1 aromatic carbocycles. The van der Waals surface area contributed by atoms with Crippen LogP contribution in [0.5, 0.6) is 5.75 Å². The number of hydrogen-bond acceptors (Lipinski definition) is 1. The molecule has 0 aromatic heterocycles. The summed E-state index contributed by atoms with van der Waals surface area (Å²) >= 11 is 0. The van der Waals surface area contributed by atoms with Crippen molar-refractivity contribution in [1.29, 1.82) is 0 Å². The SMILES string of the molecule is CC(C)c1c(F)cc(OC(F)F)cc1F. The second kappa shape index (κ2) is 4.51. The summed E-state index contributed by atoms with van der Waals surface area (Å²) in [5.41, 5.74) is -0.128. The number of alkyl halides is 2. The highest BCUT2D eigenvalue weighted by atomic mass is 19.3. The van der Waals surface area contributed by atoms with Gasteiger partial charge in [-0.3, -0.25) is 0 Å². The molecule has 1 aromatic rings. The van der Waals surface area contributed by atoms with Crippen LogP contribution in [0.25, 0.3) is 0 Å². The normalized spacial score (nSPS) is 11.2. The number of benzene rings is 1. The van der Waals surface area contributed by atoms with E-state index in [1.54, 1.807) is 13.8 Å². The summed E-state index contributed by atoms with van der Waals surface area (Å²) in [6, 6.07) is 1.51. The summed E-state index contributed by atoms with van der Waals surface area (Å²) in [5, 5.41) is 0. The van der Waals surface area contributed by atoms with E-state index in [1.807, 2.05) is 0 Å². The van der Waals surface area contributed by atoms with Crippen molar-refractivity contribution in [3.8, 4) is 5.75 Å². The van der Waals surface area contributed by atoms with E-state index in [4.69, 9.17) is 0 Å². The smallest absolute Gasteiger partial charge is 0.387 e. The van der Waals surface area contributed by atoms with Gasteiger partial charge in [0, 0.05) is 17.7 Å². The molecule has 0 unspecified atom stereocenters. The van der Waals surface area contributed by atoms with Gasteiger partial charge in [-0.2, -0.15) is 8.78 Å². The molecule has 0 radical (unpaired) electrons. The van der Waals surface area contributed by atoms with Gasteiger partial charge in [0.2, 0.25) is 0 Å². The second-order valence-corrected chi connectivity index (χ2v) is 3.33. The Hall–Kier alpha value is -1.26. The quantitative estimate of drug-likeness (QED) is 0.708. The van der Waals surface area contributed by atoms with Crippen molar-refractivity contribution in [3.63, 3.8) is 0 Å². The third kappa shape index (κ3) is 2.84. The predicted octanol–water partition coefficient (Wildman–Crippen LogP) is 3.69. The lowest BCUT2D eigenvalue weighted by atomic mass is 10.0. The molecule has 0 aliphatic heterocycles. The van der Waals surface area contributed by atoms with Gasteiger partial charge in [0.15, 0.2) is 0 Å². The highest BCUT2D eigenvalue weighted by molar-refractivity contribution is 5.32. The number of rotatable bonds is 3. The average molecular weight is 222 g/mol. The van der Waals surface area contributed by atoms with E-state index in [-0.39, 0.29) is 11.5 Å². The fourth-order valence-corrected chi connectivity index (χ4v) is 1.28. The van der Waals surface area contributed by atoms with Crippen LogP contribution in [0, 0.1) is 11.6 Å². The monoisotopic (exact) mass is 222 g/mol. The Morgan fingerprint density at radius 3 is 1.87 bits per heavy atom. The molecule has 0 heterocycles. The molecule has 0 aliphatic carbocycles. The zero-order valence-electron chi connectivity index (χ0n) is 8.23. The molecule has 15 heavy (non-hydrogen) atoms. The summed E-state index contributed by atoms with van der Waals surface area (Å²) in [4.78, 5) is 0. The molecule has 0 N–H and O–H groups in total. The van der Waals surface area contributed by atoms with Crippen molar-refractivity contribution in [2.45, 2.75) is 26.4 Å². The summed E-state index contributed by atoms with van der Waals surface area (Å²) in [6.07, 6.45) is 0. The zero-order chi connectivity index (χ0) is 11.6. The fourth-order valence-electron chi connectivity index (χ4n) is 1.28. The van der Waals surface area contributed by atoms with Crippen LogP contribution in [0.4, 0.5) is 17.6 Å². The van der Waals surface area contributed by atoms with Gasteiger partial charge >= 0.3 is 6.61 Å². The highest BCUT2D eigenvalue weighted by Gasteiger charge is 2.16. The maximum atomic E-state index is 13.2. The summed E-state index contributed by atoms with van der Waals surface area (Å²) < 4.78 is 53.9. The zero-order valence-corrected chi connectivity index (χ0v) is 8.23. The fraction of sp³-hybridized carbons (Fsp3) is 0.400. The van der Waals surface area contributed by atoms with Crippen molar-refractivity contribution in [3.05, 3.63) is 29.3 Å². The lowest BCUT2D eigenvalue weighted by Gasteiger charge is -2.11. The molecule has 0 saturated carbocycles. The Morgan fingerprint density at radius 2 is 1.53 bits per heavy atom. The molecule has 0 aliphatic rings. The summed E-state index contributed by atoms with van der Waals surface area (Å²) in [6.45, 7) is 0.123. The number of hydrogen-bond donors (Lipinski definition) is 0.